The third-order valence-corrected chi connectivity index (χ3v) is 7.52. The van der Waals surface area contributed by atoms with Gasteiger partial charge in [-0.25, -0.2) is 4.21 Å². The van der Waals surface area contributed by atoms with E-state index in [4.69, 9.17) is 0 Å². The van der Waals surface area contributed by atoms with Gasteiger partial charge in [-0.05, 0) is 29.8 Å². The molecule has 6 aromatic rings. The summed E-state index contributed by atoms with van der Waals surface area (Å²) >= 11 is 0. The van der Waals surface area contributed by atoms with E-state index in [1.165, 1.54) is 10.8 Å². The van der Waals surface area contributed by atoms with E-state index < -0.39 is 11.0 Å². The van der Waals surface area contributed by atoms with E-state index in [1.807, 2.05) is 40.4 Å². The van der Waals surface area contributed by atoms with Crippen molar-refractivity contribution in [3.05, 3.63) is 97.1 Å². The highest BCUT2D eigenvalue weighted by Crippen LogP contribution is 2.43. The average molecular weight is 404 g/mol. The zero-order chi connectivity index (χ0) is 19.8. The highest BCUT2D eigenvalue weighted by Gasteiger charge is 2.28. The van der Waals surface area contributed by atoms with E-state index in [2.05, 4.69) is 65.2 Å². The van der Waals surface area contributed by atoms with Gasteiger partial charge in [0.25, 0.3) is 0 Å². The van der Waals surface area contributed by atoms with Crippen molar-refractivity contribution in [2.75, 3.05) is 0 Å². The molecule has 3 heterocycles. The summed E-state index contributed by atoms with van der Waals surface area (Å²) in [7, 11) is -1.36. The van der Waals surface area contributed by atoms with Crippen LogP contribution in [0.1, 0.15) is 0 Å². The second kappa shape index (κ2) is 5.71. The first-order valence-corrected chi connectivity index (χ1v) is 11.1. The molecule has 0 aliphatic carbocycles. The van der Waals surface area contributed by atoms with Crippen LogP contribution < -0.4 is 0 Å². The van der Waals surface area contributed by atoms with E-state index in [1.54, 1.807) is 0 Å². The van der Waals surface area contributed by atoms with Crippen molar-refractivity contribution in [1.82, 2.24) is 8.54 Å². The molecule has 4 aromatic carbocycles. The van der Waals surface area contributed by atoms with Gasteiger partial charge in [-0.15, -0.1) is 0 Å². The van der Waals surface area contributed by atoms with Gasteiger partial charge in [0, 0.05) is 16.2 Å². The third kappa shape index (κ3) is 1.91. The molecule has 0 saturated carbocycles. The van der Waals surface area contributed by atoms with Crippen molar-refractivity contribution < 1.29 is 4.21 Å². The maximum absolute atomic E-state index is 14.0. The Bertz CT molecular complexity index is 1660. The van der Waals surface area contributed by atoms with Crippen LogP contribution in [0.15, 0.2) is 102 Å². The number of rotatable bonds is 1. The molecule has 4 heteroatoms. The molecule has 3 nitrogen and oxygen atoms in total. The number of fused-ring (bicyclic) bond motifs is 5. The molecule has 0 amide bonds. The Morgan fingerprint density at radius 1 is 0.667 bits per heavy atom. The Kier molecular flexibility index (Phi) is 3.08. The normalized spacial score (nSPS) is 15.1. The Balaban J connectivity index is 1.80. The maximum Gasteiger partial charge on any atom is 0.159 e. The molecule has 1 unspecified atom stereocenters. The predicted molar refractivity (Wildman–Crippen MR) is 124 cm³/mol. The second-order valence-corrected chi connectivity index (χ2v) is 8.96. The van der Waals surface area contributed by atoms with Crippen molar-refractivity contribution in [1.29, 1.82) is 0 Å². The molecule has 0 bridgehead atoms. The topological polar surface area (TPSA) is 26.9 Å². The Hall–Kier alpha value is -3.63. The lowest BCUT2D eigenvalue weighted by atomic mass is 10.1. The first-order chi connectivity index (χ1) is 14.8. The summed E-state index contributed by atoms with van der Waals surface area (Å²) in [5.41, 5.74) is 6.31. The molecule has 1 atom stereocenters. The summed E-state index contributed by atoms with van der Waals surface area (Å²) in [6, 6.07) is 33.3. The average Bonchev–Trinajstić information content (AvgIpc) is 3.32. The van der Waals surface area contributed by atoms with Crippen LogP contribution in [0.4, 0.5) is 0 Å². The van der Waals surface area contributed by atoms with Crippen molar-refractivity contribution in [2.24, 2.45) is 0 Å². The molecule has 0 saturated heterocycles. The molecule has 30 heavy (non-hydrogen) atoms. The summed E-state index contributed by atoms with van der Waals surface area (Å²) in [5.74, 6) is 0. The van der Waals surface area contributed by atoms with Crippen LogP contribution in [0, 0.1) is 0 Å². The van der Waals surface area contributed by atoms with Gasteiger partial charge in [0.2, 0.25) is 0 Å². The molecule has 0 fully saturated rings. The Morgan fingerprint density at radius 3 is 2.33 bits per heavy atom. The van der Waals surface area contributed by atoms with Gasteiger partial charge in [-0.3, -0.25) is 3.97 Å². The minimum atomic E-state index is -1.36. The standard InChI is InChI=1S/C26H16N2OS/c29-30-24-13-7-6-12-22(24)27-21-11-5-4-10-19(21)20-15-14-18-16-23(17-8-2-1-3-9-17)28(30)25(18)26(20)27/h1-16H. The molecular weight excluding hydrogens is 388 g/mol. The molecule has 0 N–H and O–H groups in total. The van der Waals surface area contributed by atoms with Crippen molar-refractivity contribution >= 4 is 43.7 Å². The van der Waals surface area contributed by atoms with E-state index in [0.717, 1.165) is 43.8 Å². The quantitative estimate of drug-likeness (QED) is 0.316. The van der Waals surface area contributed by atoms with E-state index >= 15 is 0 Å². The molecule has 1 aliphatic rings. The number of hydrogen-bond acceptors (Lipinski definition) is 1. The molecule has 1 aliphatic heterocycles. The number of aromatic nitrogens is 2. The van der Waals surface area contributed by atoms with Gasteiger partial charge in [-0.1, -0.05) is 72.8 Å². The molecular formula is C26H16N2OS. The summed E-state index contributed by atoms with van der Waals surface area (Å²) in [4.78, 5) is 0.825. The molecule has 0 radical (unpaired) electrons. The van der Waals surface area contributed by atoms with Crippen LogP contribution in [0.25, 0.3) is 49.7 Å². The fourth-order valence-corrected chi connectivity index (χ4v) is 6.26. The van der Waals surface area contributed by atoms with Crippen molar-refractivity contribution in [2.45, 2.75) is 4.90 Å². The summed E-state index contributed by atoms with van der Waals surface area (Å²) in [6.07, 6.45) is 0. The van der Waals surface area contributed by atoms with E-state index in [9.17, 15) is 4.21 Å². The van der Waals surface area contributed by atoms with E-state index in [-0.39, 0.29) is 0 Å². The molecule has 7 rings (SSSR count). The van der Waals surface area contributed by atoms with Crippen LogP contribution in [-0.2, 0) is 11.0 Å². The summed E-state index contributed by atoms with van der Waals surface area (Å²) in [5, 5.41) is 3.50. The number of hydrogen-bond donors (Lipinski definition) is 0. The monoisotopic (exact) mass is 404 g/mol. The minimum absolute atomic E-state index is 0.825. The van der Waals surface area contributed by atoms with Gasteiger partial charge in [0.1, 0.15) is 0 Å². The van der Waals surface area contributed by atoms with Crippen molar-refractivity contribution in [3.8, 4) is 16.9 Å². The number of para-hydroxylation sites is 2. The lowest BCUT2D eigenvalue weighted by Gasteiger charge is -2.11. The minimum Gasteiger partial charge on any atom is -0.306 e. The van der Waals surface area contributed by atoms with Gasteiger partial charge in [0.05, 0.1) is 32.8 Å². The van der Waals surface area contributed by atoms with Crippen LogP contribution in [0.3, 0.4) is 0 Å². The lowest BCUT2D eigenvalue weighted by Crippen LogP contribution is -2.07. The highest BCUT2D eigenvalue weighted by atomic mass is 32.2. The first kappa shape index (κ1) is 16.2. The fraction of sp³-hybridized carbons (Fsp3) is 0. The van der Waals surface area contributed by atoms with E-state index in [0.29, 0.717) is 0 Å². The van der Waals surface area contributed by atoms with Crippen LogP contribution in [0.2, 0.25) is 0 Å². The number of nitrogens with zero attached hydrogens (tertiary/aromatic N) is 2. The largest absolute Gasteiger partial charge is 0.306 e. The Morgan fingerprint density at radius 2 is 1.43 bits per heavy atom. The van der Waals surface area contributed by atoms with Crippen LogP contribution in [0.5, 0.6) is 0 Å². The Labute approximate surface area is 175 Å². The zero-order valence-corrected chi connectivity index (χ0v) is 16.8. The predicted octanol–water partition coefficient (Wildman–Crippen LogP) is 6.29. The highest BCUT2D eigenvalue weighted by molar-refractivity contribution is 7.84. The van der Waals surface area contributed by atoms with Crippen molar-refractivity contribution in [3.63, 3.8) is 0 Å². The lowest BCUT2D eigenvalue weighted by molar-refractivity contribution is 0.679. The van der Waals surface area contributed by atoms with Gasteiger partial charge < -0.3 is 4.57 Å². The number of benzene rings is 4. The van der Waals surface area contributed by atoms with Crippen LogP contribution in [-0.4, -0.2) is 12.7 Å². The van der Waals surface area contributed by atoms with Gasteiger partial charge in [-0.2, -0.15) is 0 Å². The van der Waals surface area contributed by atoms with Gasteiger partial charge >= 0.3 is 0 Å². The van der Waals surface area contributed by atoms with Crippen LogP contribution >= 0.6 is 0 Å². The molecule has 0 spiro atoms. The first-order valence-electron chi connectivity index (χ1n) is 9.97. The van der Waals surface area contributed by atoms with Gasteiger partial charge in [0.15, 0.2) is 11.0 Å². The fourth-order valence-electron chi connectivity index (χ4n) is 4.83. The zero-order valence-electron chi connectivity index (χ0n) is 15.9. The molecule has 142 valence electrons. The summed E-state index contributed by atoms with van der Waals surface area (Å²) in [6.45, 7) is 0. The third-order valence-electron chi connectivity index (χ3n) is 6.08. The summed E-state index contributed by atoms with van der Waals surface area (Å²) < 4.78 is 18.3. The maximum atomic E-state index is 14.0. The smallest absolute Gasteiger partial charge is 0.159 e. The second-order valence-electron chi connectivity index (χ2n) is 7.66. The molecule has 2 aromatic heterocycles. The SMILES string of the molecule is O=S1c2ccccc2-n2c3ccccc3c3ccc4cc(-c5ccccc5)n1c4c32.